The van der Waals surface area contributed by atoms with Crippen molar-refractivity contribution in [1.82, 2.24) is 15.0 Å². The maximum Gasteiger partial charge on any atom is 0.183 e. The molecule has 2 aromatic heterocycles. The SMILES string of the molecule is Clc1ncc(CSc2nc3ccccc3[nH]2)s1. The van der Waals surface area contributed by atoms with E-state index in [2.05, 4.69) is 15.0 Å². The normalized spacial score (nSPS) is 11.1. The monoisotopic (exact) mass is 281 g/mol. The summed E-state index contributed by atoms with van der Waals surface area (Å²) in [5, 5.41) is 0.927. The van der Waals surface area contributed by atoms with Gasteiger partial charge in [-0.25, -0.2) is 9.97 Å². The van der Waals surface area contributed by atoms with Crippen molar-refractivity contribution in [1.29, 1.82) is 0 Å². The lowest BCUT2D eigenvalue weighted by atomic mass is 10.3. The number of hydrogen-bond acceptors (Lipinski definition) is 4. The van der Waals surface area contributed by atoms with Gasteiger partial charge in [0.1, 0.15) is 0 Å². The fraction of sp³-hybridized carbons (Fsp3) is 0.0909. The Kier molecular flexibility index (Phi) is 3.05. The fourth-order valence-corrected chi connectivity index (χ4v) is 3.37. The largest absolute Gasteiger partial charge is 0.333 e. The molecule has 0 radical (unpaired) electrons. The molecule has 3 nitrogen and oxygen atoms in total. The van der Waals surface area contributed by atoms with Crippen LogP contribution in [0.4, 0.5) is 0 Å². The molecule has 0 spiro atoms. The highest BCUT2D eigenvalue weighted by Gasteiger charge is 2.05. The molecule has 0 amide bonds. The molecule has 1 N–H and O–H groups in total. The van der Waals surface area contributed by atoms with Gasteiger partial charge in [-0.3, -0.25) is 0 Å². The molecule has 0 saturated heterocycles. The summed E-state index contributed by atoms with van der Waals surface area (Å²) in [7, 11) is 0. The smallest absolute Gasteiger partial charge is 0.183 e. The van der Waals surface area contributed by atoms with E-state index in [0.29, 0.717) is 4.47 Å². The van der Waals surface area contributed by atoms with Gasteiger partial charge in [-0.05, 0) is 12.1 Å². The molecule has 0 bridgehead atoms. The molecular weight excluding hydrogens is 274 g/mol. The molecule has 6 heteroatoms. The molecule has 2 heterocycles. The van der Waals surface area contributed by atoms with Gasteiger partial charge in [0.2, 0.25) is 0 Å². The van der Waals surface area contributed by atoms with Crippen LogP contribution in [0.15, 0.2) is 35.6 Å². The summed E-state index contributed by atoms with van der Waals surface area (Å²) in [6.45, 7) is 0. The molecule has 17 heavy (non-hydrogen) atoms. The van der Waals surface area contributed by atoms with Crippen LogP contribution in [0.5, 0.6) is 0 Å². The molecule has 0 aliphatic rings. The summed E-state index contributed by atoms with van der Waals surface area (Å²) in [6, 6.07) is 8.01. The zero-order chi connectivity index (χ0) is 11.7. The van der Waals surface area contributed by atoms with E-state index in [1.807, 2.05) is 30.5 Å². The van der Waals surface area contributed by atoms with E-state index in [4.69, 9.17) is 11.6 Å². The standard InChI is InChI=1S/C11H8ClN3S2/c12-10-13-5-7(17-10)6-16-11-14-8-3-1-2-4-9(8)15-11/h1-5H,6H2,(H,14,15). The summed E-state index contributed by atoms with van der Waals surface area (Å²) in [5.41, 5.74) is 2.06. The number of hydrogen-bond donors (Lipinski definition) is 1. The Hall–Kier alpha value is -1.04. The maximum absolute atomic E-state index is 5.78. The van der Waals surface area contributed by atoms with Crippen LogP contribution in [0.25, 0.3) is 11.0 Å². The molecule has 0 unspecified atom stereocenters. The molecule has 1 aromatic carbocycles. The molecule has 0 aliphatic heterocycles. The minimum atomic E-state index is 0.588. The highest BCUT2D eigenvalue weighted by atomic mass is 35.5. The van der Waals surface area contributed by atoms with Crippen molar-refractivity contribution in [3.05, 3.63) is 39.8 Å². The Morgan fingerprint density at radius 3 is 3.00 bits per heavy atom. The highest BCUT2D eigenvalue weighted by molar-refractivity contribution is 7.98. The van der Waals surface area contributed by atoms with Crippen LogP contribution in [-0.4, -0.2) is 15.0 Å². The van der Waals surface area contributed by atoms with E-state index in [1.165, 1.54) is 11.3 Å². The lowest BCUT2D eigenvalue weighted by Crippen LogP contribution is -1.76. The van der Waals surface area contributed by atoms with Crippen molar-refractivity contribution >= 4 is 45.7 Å². The summed E-state index contributed by atoms with van der Waals surface area (Å²) in [6.07, 6.45) is 1.81. The Bertz CT molecular complexity index is 614. The van der Waals surface area contributed by atoms with Crippen LogP contribution in [0.3, 0.4) is 0 Å². The Morgan fingerprint density at radius 2 is 2.24 bits per heavy atom. The molecule has 3 rings (SSSR count). The molecule has 0 fully saturated rings. The highest BCUT2D eigenvalue weighted by Crippen LogP contribution is 2.26. The topological polar surface area (TPSA) is 41.6 Å². The van der Waals surface area contributed by atoms with Gasteiger partial charge in [0.25, 0.3) is 0 Å². The number of halogens is 1. The first-order chi connectivity index (χ1) is 8.31. The second kappa shape index (κ2) is 4.68. The van der Waals surface area contributed by atoms with Gasteiger partial charge in [0.15, 0.2) is 9.62 Å². The van der Waals surface area contributed by atoms with Crippen molar-refractivity contribution in [3.63, 3.8) is 0 Å². The zero-order valence-corrected chi connectivity index (χ0v) is 11.1. The summed E-state index contributed by atoms with van der Waals surface area (Å²) < 4.78 is 0.588. The van der Waals surface area contributed by atoms with Crippen LogP contribution < -0.4 is 0 Å². The number of nitrogens with zero attached hydrogens (tertiary/aromatic N) is 2. The molecule has 86 valence electrons. The van der Waals surface area contributed by atoms with Crippen molar-refractivity contribution < 1.29 is 0 Å². The molecule has 3 aromatic rings. The van der Waals surface area contributed by atoms with Gasteiger partial charge in [-0.2, -0.15) is 0 Å². The van der Waals surface area contributed by atoms with Gasteiger partial charge in [0.05, 0.1) is 11.0 Å². The number of aromatic nitrogens is 3. The van der Waals surface area contributed by atoms with Crippen molar-refractivity contribution in [2.45, 2.75) is 10.9 Å². The first kappa shape index (κ1) is 11.1. The number of nitrogens with one attached hydrogen (secondary N) is 1. The summed E-state index contributed by atoms with van der Waals surface area (Å²) in [5.74, 6) is 0.838. The number of aromatic amines is 1. The minimum Gasteiger partial charge on any atom is -0.333 e. The number of thioether (sulfide) groups is 1. The average Bonchev–Trinajstić information content (AvgIpc) is 2.91. The van der Waals surface area contributed by atoms with E-state index in [0.717, 1.165) is 26.8 Å². The van der Waals surface area contributed by atoms with Gasteiger partial charge < -0.3 is 4.98 Å². The zero-order valence-electron chi connectivity index (χ0n) is 8.68. The fourth-order valence-electron chi connectivity index (χ4n) is 1.49. The number of thiazole rings is 1. The Balaban J connectivity index is 1.76. The van der Waals surface area contributed by atoms with Gasteiger partial charge in [0, 0.05) is 16.8 Å². The van der Waals surface area contributed by atoms with Crippen LogP contribution in [0, 0.1) is 0 Å². The number of imidazole rings is 1. The second-order valence-corrected chi connectivity index (χ2v) is 6.09. The maximum atomic E-state index is 5.78. The van der Waals surface area contributed by atoms with Crippen LogP contribution >= 0.6 is 34.7 Å². The van der Waals surface area contributed by atoms with E-state index < -0.39 is 0 Å². The third-order valence-electron chi connectivity index (χ3n) is 2.24. The van der Waals surface area contributed by atoms with Crippen molar-refractivity contribution in [3.8, 4) is 0 Å². The predicted molar refractivity (Wildman–Crippen MR) is 72.8 cm³/mol. The second-order valence-electron chi connectivity index (χ2n) is 3.43. The van der Waals surface area contributed by atoms with Gasteiger partial charge in [-0.1, -0.05) is 35.5 Å². The third kappa shape index (κ3) is 2.46. The molecule has 0 saturated carbocycles. The number of fused-ring (bicyclic) bond motifs is 1. The lowest BCUT2D eigenvalue weighted by Gasteiger charge is -1.92. The van der Waals surface area contributed by atoms with Gasteiger partial charge in [-0.15, -0.1) is 11.3 Å². The first-order valence-electron chi connectivity index (χ1n) is 4.99. The molecular formula is C11H8ClN3S2. The van der Waals surface area contributed by atoms with Gasteiger partial charge >= 0.3 is 0 Å². The Morgan fingerprint density at radius 1 is 1.35 bits per heavy atom. The summed E-state index contributed by atoms with van der Waals surface area (Å²) in [4.78, 5) is 12.9. The predicted octanol–water partition coefficient (Wildman–Crippen LogP) is 3.97. The number of para-hydroxylation sites is 2. The van der Waals surface area contributed by atoms with Crippen molar-refractivity contribution in [2.24, 2.45) is 0 Å². The molecule has 0 aliphatic carbocycles. The molecule has 0 atom stereocenters. The van der Waals surface area contributed by atoms with Crippen LogP contribution in [-0.2, 0) is 5.75 Å². The minimum absolute atomic E-state index is 0.588. The van der Waals surface area contributed by atoms with E-state index in [1.54, 1.807) is 11.8 Å². The summed E-state index contributed by atoms with van der Waals surface area (Å²) >= 11 is 8.94. The lowest BCUT2D eigenvalue weighted by molar-refractivity contribution is 1.08. The average molecular weight is 282 g/mol. The van der Waals surface area contributed by atoms with E-state index in [9.17, 15) is 0 Å². The van der Waals surface area contributed by atoms with Crippen LogP contribution in [0.1, 0.15) is 4.88 Å². The van der Waals surface area contributed by atoms with Crippen molar-refractivity contribution in [2.75, 3.05) is 0 Å². The van der Waals surface area contributed by atoms with E-state index in [-0.39, 0.29) is 0 Å². The Labute approximate surface area is 111 Å². The quantitative estimate of drug-likeness (QED) is 0.739. The number of rotatable bonds is 3. The first-order valence-corrected chi connectivity index (χ1v) is 7.17. The number of H-pyrrole nitrogens is 1. The number of benzene rings is 1. The van der Waals surface area contributed by atoms with Crippen LogP contribution in [0.2, 0.25) is 4.47 Å². The van der Waals surface area contributed by atoms with E-state index >= 15 is 0 Å². The third-order valence-corrected chi connectivity index (χ3v) is 4.46.